The Balaban J connectivity index is 1.58. The highest BCUT2D eigenvalue weighted by atomic mass is 16.1. The summed E-state index contributed by atoms with van der Waals surface area (Å²) in [4.78, 5) is 15.1. The van der Waals surface area contributed by atoms with E-state index in [0.29, 0.717) is 6.54 Å². The molecule has 0 saturated carbocycles. The van der Waals surface area contributed by atoms with Crippen LogP contribution in [0, 0.1) is 0 Å². The predicted molar refractivity (Wildman–Crippen MR) is 107 cm³/mol. The summed E-state index contributed by atoms with van der Waals surface area (Å²) in [5.41, 5.74) is 4.71. The lowest BCUT2D eigenvalue weighted by Gasteiger charge is -2.25. The van der Waals surface area contributed by atoms with Crippen LogP contribution in [0.4, 0.5) is 0 Å². The molecule has 1 amide bonds. The van der Waals surface area contributed by atoms with Crippen LogP contribution in [0.5, 0.6) is 0 Å². The number of likely N-dealkylation sites (N-methyl/N-ethyl adjacent to an activating group) is 1. The maximum atomic E-state index is 12.9. The molecule has 3 aromatic rings. The number of rotatable bonds is 5. The van der Waals surface area contributed by atoms with E-state index in [0.717, 1.165) is 23.8 Å². The first-order valence-electron chi connectivity index (χ1n) is 9.18. The van der Waals surface area contributed by atoms with Crippen molar-refractivity contribution >= 4 is 16.7 Å². The number of hydrogen-bond acceptors (Lipinski definition) is 2. The number of carbonyl (C=O) groups excluding carboxylic acids is 1. The second-order valence-corrected chi connectivity index (χ2v) is 7.21. The van der Waals surface area contributed by atoms with Crippen molar-refractivity contribution < 1.29 is 4.79 Å². The molecule has 3 nitrogen and oxygen atoms in total. The summed E-state index contributed by atoms with van der Waals surface area (Å²) >= 11 is 0. The van der Waals surface area contributed by atoms with Crippen molar-refractivity contribution in [2.45, 2.75) is 18.9 Å². The standard InChI is InChI=1S/C23H24N2O/c1-25(2)21(16-7-4-3-5-8-16)15-24-23(26)20-14-13-18-12-11-17-9-6-10-19(20)22(17)18/h3-10,13-14,21H,11-12,15H2,1-2H3,(H,24,26)/t21-/m0/s1. The van der Waals surface area contributed by atoms with Crippen molar-refractivity contribution in [2.24, 2.45) is 0 Å². The normalized spacial score (nSPS) is 14.0. The summed E-state index contributed by atoms with van der Waals surface area (Å²) < 4.78 is 0. The van der Waals surface area contributed by atoms with E-state index in [1.807, 2.05) is 38.4 Å². The monoisotopic (exact) mass is 344 g/mol. The zero-order chi connectivity index (χ0) is 18.1. The second-order valence-electron chi connectivity index (χ2n) is 7.21. The van der Waals surface area contributed by atoms with E-state index < -0.39 is 0 Å². The highest BCUT2D eigenvalue weighted by Crippen LogP contribution is 2.32. The van der Waals surface area contributed by atoms with Crippen LogP contribution in [0.1, 0.15) is 33.1 Å². The van der Waals surface area contributed by atoms with Gasteiger partial charge in [-0.15, -0.1) is 0 Å². The molecule has 0 radical (unpaired) electrons. The summed E-state index contributed by atoms with van der Waals surface area (Å²) in [6.45, 7) is 0.582. The maximum Gasteiger partial charge on any atom is 0.251 e. The van der Waals surface area contributed by atoms with Gasteiger partial charge in [-0.1, -0.05) is 54.6 Å². The van der Waals surface area contributed by atoms with Crippen molar-refractivity contribution in [3.8, 4) is 0 Å². The Kier molecular flexibility index (Phi) is 4.48. The van der Waals surface area contributed by atoms with Crippen LogP contribution in [0.3, 0.4) is 0 Å². The van der Waals surface area contributed by atoms with Gasteiger partial charge in [-0.2, -0.15) is 0 Å². The average molecular weight is 344 g/mol. The van der Waals surface area contributed by atoms with Gasteiger partial charge in [-0.3, -0.25) is 4.79 Å². The topological polar surface area (TPSA) is 32.3 Å². The Hall–Kier alpha value is -2.65. The minimum absolute atomic E-state index is 0.00313. The van der Waals surface area contributed by atoms with Crippen molar-refractivity contribution in [3.63, 3.8) is 0 Å². The largest absolute Gasteiger partial charge is 0.350 e. The summed E-state index contributed by atoms with van der Waals surface area (Å²) in [5, 5.41) is 5.51. The lowest BCUT2D eigenvalue weighted by Crippen LogP contribution is -2.34. The number of nitrogens with zero attached hydrogens (tertiary/aromatic N) is 1. The van der Waals surface area contributed by atoms with Gasteiger partial charge in [0.15, 0.2) is 0 Å². The van der Waals surface area contributed by atoms with Crippen molar-refractivity contribution in [2.75, 3.05) is 20.6 Å². The van der Waals surface area contributed by atoms with Crippen LogP contribution in [0.2, 0.25) is 0 Å². The van der Waals surface area contributed by atoms with Crippen molar-refractivity contribution in [1.82, 2.24) is 10.2 Å². The molecule has 0 fully saturated rings. The summed E-state index contributed by atoms with van der Waals surface area (Å²) in [6.07, 6.45) is 2.16. The van der Waals surface area contributed by atoms with Crippen LogP contribution in [0.15, 0.2) is 60.7 Å². The Morgan fingerprint density at radius 1 is 0.962 bits per heavy atom. The Labute approximate surface area is 154 Å². The molecule has 1 aliphatic rings. The van der Waals surface area contributed by atoms with Crippen LogP contribution in [-0.2, 0) is 12.8 Å². The fraction of sp³-hybridized carbons (Fsp3) is 0.261. The molecule has 0 bridgehead atoms. The third kappa shape index (κ3) is 2.99. The number of aryl methyl sites for hydroxylation is 2. The molecular weight excluding hydrogens is 320 g/mol. The van der Waals surface area contributed by atoms with Gasteiger partial charge in [0.1, 0.15) is 0 Å². The molecule has 0 aromatic heterocycles. The molecule has 132 valence electrons. The van der Waals surface area contributed by atoms with Crippen LogP contribution >= 0.6 is 0 Å². The molecule has 0 heterocycles. The lowest BCUT2D eigenvalue weighted by molar-refractivity contribution is 0.0943. The van der Waals surface area contributed by atoms with E-state index in [1.54, 1.807) is 0 Å². The molecule has 1 aliphatic carbocycles. The van der Waals surface area contributed by atoms with Gasteiger partial charge in [0.2, 0.25) is 0 Å². The maximum absolute atomic E-state index is 12.9. The van der Waals surface area contributed by atoms with Gasteiger partial charge >= 0.3 is 0 Å². The molecule has 3 aromatic carbocycles. The third-order valence-electron chi connectivity index (χ3n) is 5.39. The number of amides is 1. The Morgan fingerprint density at radius 2 is 1.69 bits per heavy atom. The average Bonchev–Trinajstić information content (AvgIpc) is 3.08. The molecule has 3 heteroatoms. The first-order chi connectivity index (χ1) is 12.6. The summed E-state index contributed by atoms with van der Waals surface area (Å²) in [5.74, 6) is 0.00313. The highest BCUT2D eigenvalue weighted by molar-refractivity contribution is 6.09. The number of nitrogens with one attached hydrogen (secondary N) is 1. The van der Waals surface area contributed by atoms with Gasteiger partial charge in [0, 0.05) is 12.1 Å². The SMILES string of the molecule is CN(C)[C@@H](CNC(=O)c1ccc2c3c(cccc13)CC2)c1ccccc1. The molecule has 4 rings (SSSR count). The first-order valence-corrected chi connectivity index (χ1v) is 9.18. The van der Waals surface area contributed by atoms with Gasteiger partial charge in [-0.25, -0.2) is 0 Å². The second kappa shape index (κ2) is 6.93. The van der Waals surface area contributed by atoms with Gasteiger partial charge in [0.05, 0.1) is 6.04 Å². The minimum Gasteiger partial charge on any atom is -0.350 e. The van der Waals surface area contributed by atoms with E-state index >= 15 is 0 Å². The van der Waals surface area contributed by atoms with E-state index in [1.165, 1.54) is 22.1 Å². The van der Waals surface area contributed by atoms with E-state index in [-0.39, 0.29) is 11.9 Å². The van der Waals surface area contributed by atoms with E-state index in [4.69, 9.17) is 0 Å². The molecule has 26 heavy (non-hydrogen) atoms. The van der Waals surface area contributed by atoms with Crippen molar-refractivity contribution in [3.05, 3.63) is 82.9 Å². The van der Waals surface area contributed by atoms with Gasteiger partial charge in [0.25, 0.3) is 5.91 Å². The first kappa shape index (κ1) is 16.8. The van der Waals surface area contributed by atoms with Gasteiger partial charge < -0.3 is 10.2 Å². The molecule has 0 unspecified atom stereocenters. The van der Waals surface area contributed by atoms with Crippen LogP contribution < -0.4 is 5.32 Å². The lowest BCUT2D eigenvalue weighted by atomic mass is 9.99. The number of hydrogen-bond donors (Lipinski definition) is 1. The molecule has 0 aliphatic heterocycles. The molecular formula is C23H24N2O. The smallest absolute Gasteiger partial charge is 0.251 e. The molecule has 0 saturated heterocycles. The summed E-state index contributed by atoms with van der Waals surface area (Å²) in [6, 6.07) is 20.9. The summed E-state index contributed by atoms with van der Waals surface area (Å²) in [7, 11) is 4.09. The predicted octanol–water partition coefficient (Wildman–Crippen LogP) is 3.97. The zero-order valence-electron chi connectivity index (χ0n) is 15.3. The van der Waals surface area contributed by atoms with E-state index in [2.05, 4.69) is 46.6 Å². The quantitative estimate of drug-likeness (QED) is 0.759. The van der Waals surface area contributed by atoms with Crippen LogP contribution in [-0.4, -0.2) is 31.4 Å². The molecule has 1 N–H and O–H groups in total. The molecule has 0 spiro atoms. The highest BCUT2D eigenvalue weighted by Gasteiger charge is 2.20. The fourth-order valence-electron chi connectivity index (χ4n) is 4.00. The Morgan fingerprint density at radius 3 is 2.42 bits per heavy atom. The molecule has 1 atom stereocenters. The Bertz CT molecular complexity index is 937. The van der Waals surface area contributed by atoms with Crippen LogP contribution in [0.25, 0.3) is 10.8 Å². The minimum atomic E-state index is 0.00313. The van der Waals surface area contributed by atoms with Crippen molar-refractivity contribution in [1.29, 1.82) is 0 Å². The number of benzene rings is 3. The zero-order valence-corrected chi connectivity index (χ0v) is 15.3. The third-order valence-corrected chi connectivity index (χ3v) is 5.39. The number of carbonyl (C=O) groups is 1. The fourth-order valence-corrected chi connectivity index (χ4v) is 4.00. The van der Waals surface area contributed by atoms with E-state index in [9.17, 15) is 4.79 Å². The van der Waals surface area contributed by atoms with Gasteiger partial charge in [-0.05, 0) is 60.5 Å².